The number of rotatable bonds is 3. The van der Waals surface area contributed by atoms with Crippen LogP contribution in [0.3, 0.4) is 0 Å². The van der Waals surface area contributed by atoms with E-state index in [-0.39, 0.29) is 0 Å². The summed E-state index contributed by atoms with van der Waals surface area (Å²) in [7, 11) is 3.40. The molecule has 8 heteroatoms. The molecule has 0 amide bonds. The predicted molar refractivity (Wildman–Crippen MR) is 77.8 cm³/mol. The van der Waals surface area contributed by atoms with Crippen LogP contribution in [-0.2, 0) is 6.18 Å². The summed E-state index contributed by atoms with van der Waals surface area (Å²) < 4.78 is 38.6. The zero-order chi connectivity index (χ0) is 16.3. The Balaban J connectivity index is 2.57. The van der Waals surface area contributed by atoms with Gasteiger partial charge in [-0.05, 0) is 17.2 Å². The van der Waals surface area contributed by atoms with Crippen LogP contribution in [0, 0.1) is 0 Å². The van der Waals surface area contributed by atoms with E-state index in [0.717, 1.165) is 12.3 Å². The van der Waals surface area contributed by atoms with E-state index in [1.807, 2.05) is 0 Å². The zero-order valence-corrected chi connectivity index (χ0v) is 11.8. The smallest absolute Gasteiger partial charge is 0.362 e. The third-order valence-corrected chi connectivity index (χ3v) is 2.96. The maximum absolute atomic E-state index is 12.9. The number of hydrogen-bond donors (Lipinski definition) is 0. The molecule has 1 aromatic carbocycles. The Morgan fingerprint density at radius 3 is 2.32 bits per heavy atom. The molecule has 1 heterocycles. The molecule has 0 saturated carbocycles. The summed E-state index contributed by atoms with van der Waals surface area (Å²) in [6.07, 6.45) is -3.65. The van der Waals surface area contributed by atoms with Crippen LogP contribution in [-0.4, -0.2) is 19.1 Å². The summed E-state index contributed by atoms with van der Waals surface area (Å²) in [5, 5.41) is 3.43. The largest absolute Gasteiger partial charge is 0.417 e. The van der Waals surface area contributed by atoms with Gasteiger partial charge in [-0.1, -0.05) is 29.4 Å². The second kappa shape index (κ2) is 5.95. The van der Waals surface area contributed by atoms with Crippen LogP contribution in [0.25, 0.3) is 21.6 Å². The molecule has 0 saturated heterocycles. The molecule has 0 fully saturated rings. The lowest BCUT2D eigenvalue weighted by molar-refractivity contribution is -0.137. The number of aromatic nitrogens is 1. The van der Waals surface area contributed by atoms with Gasteiger partial charge in [0.25, 0.3) is 0 Å². The number of azide groups is 1. The number of nitrogens with zero attached hydrogens (tertiary/aromatic N) is 5. The molecular formula is C14H12F3N5. The monoisotopic (exact) mass is 307 g/mol. The molecule has 0 spiro atoms. The fourth-order valence-corrected chi connectivity index (χ4v) is 1.94. The Morgan fingerprint density at radius 1 is 1.18 bits per heavy atom. The standard InChI is InChI=1S/C14H12F3N5/c1-22(2)13-12(7-10(8-19-13)14(15,16)17)9-3-5-11(6-4-9)20-21-18/h3-8H,1-2H3. The number of benzene rings is 1. The Labute approximate surface area is 124 Å². The van der Waals surface area contributed by atoms with E-state index < -0.39 is 11.7 Å². The number of hydrogen-bond acceptors (Lipinski definition) is 3. The maximum Gasteiger partial charge on any atom is 0.417 e. The van der Waals surface area contributed by atoms with Gasteiger partial charge >= 0.3 is 6.18 Å². The average Bonchev–Trinajstić information content (AvgIpc) is 2.47. The van der Waals surface area contributed by atoms with Crippen molar-refractivity contribution in [2.45, 2.75) is 6.18 Å². The van der Waals surface area contributed by atoms with E-state index in [9.17, 15) is 13.2 Å². The van der Waals surface area contributed by atoms with Crippen LogP contribution in [0.5, 0.6) is 0 Å². The molecule has 114 valence electrons. The molecule has 0 atom stereocenters. The van der Waals surface area contributed by atoms with Gasteiger partial charge in [0.2, 0.25) is 0 Å². The van der Waals surface area contributed by atoms with E-state index >= 15 is 0 Å². The van der Waals surface area contributed by atoms with Crippen LogP contribution in [0.15, 0.2) is 41.6 Å². The summed E-state index contributed by atoms with van der Waals surface area (Å²) in [6.45, 7) is 0. The quantitative estimate of drug-likeness (QED) is 0.465. The van der Waals surface area contributed by atoms with Crippen molar-refractivity contribution in [3.63, 3.8) is 0 Å². The van der Waals surface area contributed by atoms with Gasteiger partial charge in [-0.25, -0.2) is 4.98 Å². The van der Waals surface area contributed by atoms with Gasteiger partial charge in [-0.2, -0.15) is 13.2 Å². The minimum atomic E-state index is -4.46. The Bertz CT molecular complexity index is 716. The maximum atomic E-state index is 12.9. The highest BCUT2D eigenvalue weighted by atomic mass is 19.4. The van der Waals surface area contributed by atoms with Crippen molar-refractivity contribution in [1.82, 2.24) is 4.98 Å². The molecule has 2 rings (SSSR count). The number of halogens is 3. The minimum absolute atomic E-state index is 0.354. The third kappa shape index (κ3) is 3.29. The number of alkyl halides is 3. The van der Waals surface area contributed by atoms with E-state index in [0.29, 0.717) is 22.6 Å². The Kier molecular flexibility index (Phi) is 4.23. The van der Waals surface area contributed by atoms with Gasteiger partial charge in [-0.3, -0.25) is 0 Å². The number of anilines is 1. The highest BCUT2D eigenvalue weighted by Gasteiger charge is 2.32. The topological polar surface area (TPSA) is 64.9 Å². The van der Waals surface area contributed by atoms with Crippen LogP contribution in [0.4, 0.5) is 24.7 Å². The second-order valence-electron chi connectivity index (χ2n) is 4.72. The van der Waals surface area contributed by atoms with Gasteiger partial charge < -0.3 is 4.90 Å². The van der Waals surface area contributed by atoms with Crippen molar-refractivity contribution in [1.29, 1.82) is 0 Å². The van der Waals surface area contributed by atoms with Gasteiger partial charge in [0.05, 0.1) is 5.56 Å². The van der Waals surface area contributed by atoms with Gasteiger partial charge in [0, 0.05) is 36.5 Å². The summed E-state index contributed by atoms with van der Waals surface area (Å²) in [5.41, 5.74) is 8.85. The zero-order valence-electron chi connectivity index (χ0n) is 11.8. The lowest BCUT2D eigenvalue weighted by Crippen LogP contribution is -2.14. The lowest BCUT2D eigenvalue weighted by Gasteiger charge is -2.18. The molecule has 0 unspecified atom stereocenters. The van der Waals surface area contributed by atoms with Crippen LogP contribution >= 0.6 is 0 Å². The minimum Gasteiger partial charge on any atom is -0.362 e. The van der Waals surface area contributed by atoms with Crippen molar-refractivity contribution in [3.05, 3.63) is 52.5 Å². The second-order valence-corrected chi connectivity index (χ2v) is 4.72. The molecule has 2 aromatic rings. The fourth-order valence-electron chi connectivity index (χ4n) is 1.94. The first-order valence-corrected chi connectivity index (χ1v) is 6.23. The molecule has 22 heavy (non-hydrogen) atoms. The van der Waals surface area contributed by atoms with Gasteiger partial charge in [-0.15, -0.1) is 0 Å². The van der Waals surface area contributed by atoms with E-state index in [1.165, 1.54) is 12.1 Å². The van der Waals surface area contributed by atoms with Crippen molar-refractivity contribution in [2.75, 3.05) is 19.0 Å². The SMILES string of the molecule is CN(C)c1ncc(C(F)(F)F)cc1-c1ccc(N=[N+]=[N-])cc1. The van der Waals surface area contributed by atoms with Crippen LogP contribution in [0.1, 0.15) is 5.56 Å². The number of pyridine rings is 1. The Morgan fingerprint density at radius 2 is 1.82 bits per heavy atom. The van der Waals surface area contributed by atoms with Gasteiger partial charge in [0.1, 0.15) is 5.82 Å². The highest BCUT2D eigenvalue weighted by molar-refractivity contribution is 5.77. The molecule has 1 aromatic heterocycles. The summed E-state index contributed by atoms with van der Waals surface area (Å²) in [6, 6.07) is 7.32. The average molecular weight is 307 g/mol. The molecule has 0 aliphatic carbocycles. The van der Waals surface area contributed by atoms with Crippen LogP contribution in [0.2, 0.25) is 0 Å². The summed E-state index contributed by atoms with van der Waals surface area (Å²) in [4.78, 5) is 8.20. The van der Waals surface area contributed by atoms with Crippen molar-refractivity contribution in [2.24, 2.45) is 5.11 Å². The first kappa shape index (κ1) is 15.7. The van der Waals surface area contributed by atoms with E-state index in [1.54, 1.807) is 31.1 Å². The highest BCUT2D eigenvalue weighted by Crippen LogP contribution is 2.36. The van der Waals surface area contributed by atoms with Crippen molar-refractivity contribution >= 4 is 11.5 Å². The summed E-state index contributed by atoms with van der Waals surface area (Å²) >= 11 is 0. The molecule has 0 radical (unpaired) electrons. The van der Waals surface area contributed by atoms with Crippen LogP contribution < -0.4 is 4.90 Å². The molecule has 0 aliphatic rings. The molecule has 0 aliphatic heterocycles. The molecule has 5 nitrogen and oxygen atoms in total. The first-order chi connectivity index (χ1) is 10.3. The van der Waals surface area contributed by atoms with Crippen molar-refractivity contribution < 1.29 is 13.2 Å². The van der Waals surface area contributed by atoms with E-state index in [2.05, 4.69) is 15.0 Å². The van der Waals surface area contributed by atoms with Gasteiger partial charge in [0.15, 0.2) is 0 Å². The molecule has 0 N–H and O–H groups in total. The lowest BCUT2D eigenvalue weighted by atomic mass is 10.0. The Hall–Kier alpha value is -2.73. The molecular weight excluding hydrogens is 295 g/mol. The van der Waals surface area contributed by atoms with Crippen molar-refractivity contribution in [3.8, 4) is 11.1 Å². The fraction of sp³-hybridized carbons (Fsp3) is 0.214. The summed E-state index contributed by atoms with van der Waals surface area (Å²) in [5.74, 6) is 0.421. The third-order valence-electron chi connectivity index (χ3n) is 2.96. The molecule has 0 bridgehead atoms. The normalized spacial score (nSPS) is 11.0. The first-order valence-electron chi connectivity index (χ1n) is 6.23. The predicted octanol–water partition coefficient (Wildman–Crippen LogP) is 4.78. The van der Waals surface area contributed by atoms with E-state index in [4.69, 9.17) is 5.53 Å².